The molecule has 8 heteroatoms. The summed E-state index contributed by atoms with van der Waals surface area (Å²) in [5.74, 6) is -0.0634. The Morgan fingerprint density at radius 3 is 2.77 bits per heavy atom. The lowest BCUT2D eigenvalue weighted by atomic mass is 10.1. The maximum atomic E-state index is 12.7. The molecule has 2 aromatic rings. The van der Waals surface area contributed by atoms with Gasteiger partial charge in [0.15, 0.2) is 5.13 Å². The van der Waals surface area contributed by atoms with Crippen molar-refractivity contribution < 1.29 is 9.59 Å². The molecule has 0 unspecified atom stereocenters. The van der Waals surface area contributed by atoms with E-state index in [9.17, 15) is 9.59 Å². The number of hydrogen-bond acceptors (Lipinski definition) is 6. The molecule has 0 atom stereocenters. The van der Waals surface area contributed by atoms with Crippen molar-refractivity contribution in [3.05, 3.63) is 64.0 Å². The molecule has 1 aromatic heterocycles. The molecule has 1 aliphatic heterocycles. The lowest BCUT2D eigenvalue weighted by Crippen LogP contribution is -2.29. The second-order valence-electron chi connectivity index (χ2n) is 6.83. The Hall–Kier alpha value is -2.29. The number of thiocarbonyl (C=S) groups is 1. The Labute approximate surface area is 190 Å². The van der Waals surface area contributed by atoms with Crippen molar-refractivity contribution in [2.45, 2.75) is 32.6 Å². The zero-order chi connectivity index (χ0) is 21.3. The van der Waals surface area contributed by atoms with E-state index >= 15 is 0 Å². The summed E-state index contributed by atoms with van der Waals surface area (Å²) in [6, 6.07) is 10.0. The molecule has 1 saturated heterocycles. The zero-order valence-electron chi connectivity index (χ0n) is 16.7. The minimum absolute atomic E-state index is 0.0285. The fourth-order valence-electron chi connectivity index (χ4n) is 2.95. The third-order valence-corrected chi connectivity index (χ3v) is 6.46. The van der Waals surface area contributed by atoms with E-state index in [0.29, 0.717) is 27.3 Å². The first-order chi connectivity index (χ1) is 14.5. The van der Waals surface area contributed by atoms with Crippen molar-refractivity contribution in [1.29, 1.82) is 0 Å². The van der Waals surface area contributed by atoms with Gasteiger partial charge in [0, 0.05) is 24.5 Å². The Morgan fingerprint density at radius 2 is 2.03 bits per heavy atom. The van der Waals surface area contributed by atoms with Gasteiger partial charge in [0.05, 0.1) is 4.91 Å². The summed E-state index contributed by atoms with van der Waals surface area (Å²) >= 11 is 8.15. The van der Waals surface area contributed by atoms with E-state index in [2.05, 4.69) is 10.3 Å². The SMILES string of the molecule is CC(=C\c1ccccc1)/C=C1/SC(=S)N(CCCCCC(=O)Nc2nccs2)C1=O. The highest BCUT2D eigenvalue weighted by Gasteiger charge is 2.31. The van der Waals surface area contributed by atoms with Gasteiger partial charge in [-0.1, -0.05) is 66.8 Å². The van der Waals surface area contributed by atoms with E-state index < -0.39 is 0 Å². The van der Waals surface area contributed by atoms with E-state index in [1.165, 1.54) is 23.1 Å². The average molecular weight is 458 g/mol. The molecule has 1 fully saturated rings. The fourth-order valence-corrected chi connectivity index (χ4v) is 4.86. The number of aromatic nitrogens is 1. The van der Waals surface area contributed by atoms with Crippen LogP contribution < -0.4 is 5.32 Å². The van der Waals surface area contributed by atoms with E-state index in [-0.39, 0.29) is 11.8 Å². The normalized spacial score (nSPS) is 15.8. The maximum absolute atomic E-state index is 12.7. The topological polar surface area (TPSA) is 62.3 Å². The number of benzene rings is 1. The quantitative estimate of drug-likeness (QED) is 0.306. The highest BCUT2D eigenvalue weighted by atomic mass is 32.2. The second-order valence-corrected chi connectivity index (χ2v) is 9.40. The van der Waals surface area contributed by atoms with Gasteiger partial charge in [0.25, 0.3) is 5.91 Å². The van der Waals surface area contributed by atoms with Crippen molar-refractivity contribution in [3.63, 3.8) is 0 Å². The summed E-state index contributed by atoms with van der Waals surface area (Å²) in [6.45, 7) is 2.56. The number of nitrogens with one attached hydrogen (secondary N) is 1. The standard InChI is InChI=1S/C22H23N3O2S3/c1-16(14-17-8-4-2-5-9-17)15-18-20(27)25(22(28)30-18)12-7-3-6-10-19(26)24-21-23-11-13-29-21/h2,4-5,8-9,11,13-15H,3,6-7,10,12H2,1H3,(H,23,24,26)/b16-14+,18-15+. The molecule has 3 rings (SSSR count). The molecule has 156 valence electrons. The number of unbranched alkanes of at least 4 members (excludes halogenated alkanes) is 2. The van der Waals surface area contributed by atoms with Gasteiger partial charge >= 0.3 is 0 Å². The van der Waals surface area contributed by atoms with Gasteiger partial charge in [-0.2, -0.15) is 0 Å². The first-order valence-electron chi connectivity index (χ1n) is 9.71. The van der Waals surface area contributed by atoms with Crippen LogP contribution in [0.5, 0.6) is 0 Å². The summed E-state index contributed by atoms with van der Waals surface area (Å²) in [5, 5.41) is 5.23. The van der Waals surface area contributed by atoms with E-state index in [1.54, 1.807) is 11.1 Å². The predicted octanol–water partition coefficient (Wildman–Crippen LogP) is 5.49. The van der Waals surface area contributed by atoms with E-state index in [0.717, 1.165) is 30.4 Å². The van der Waals surface area contributed by atoms with Crippen molar-refractivity contribution in [3.8, 4) is 0 Å². The highest BCUT2D eigenvalue weighted by Crippen LogP contribution is 2.32. The Bertz CT molecular complexity index is 953. The monoisotopic (exact) mass is 457 g/mol. The molecule has 0 spiro atoms. The molecule has 5 nitrogen and oxygen atoms in total. The van der Waals surface area contributed by atoms with Crippen LogP contribution in [0.3, 0.4) is 0 Å². The number of nitrogens with zero attached hydrogens (tertiary/aromatic N) is 2. The Balaban J connectivity index is 1.43. The first kappa shape index (κ1) is 22.4. The number of rotatable bonds is 9. The van der Waals surface area contributed by atoms with Crippen LogP contribution in [0.1, 0.15) is 38.2 Å². The van der Waals surface area contributed by atoms with Crippen LogP contribution in [0.2, 0.25) is 0 Å². The van der Waals surface area contributed by atoms with Crippen LogP contribution in [0.25, 0.3) is 6.08 Å². The molecular formula is C22H23N3O2S3. The summed E-state index contributed by atoms with van der Waals surface area (Å²) < 4.78 is 0.597. The number of hydrogen-bond donors (Lipinski definition) is 1. The molecule has 2 amide bonds. The van der Waals surface area contributed by atoms with Gasteiger partial charge in [0.1, 0.15) is 4.32 Å². The minimum atomic E-state index is -0.0349. The summed E-state index contributed by atoms with van der Waals surface area (Å²) in [5.41, 5.74) is 2.11. The molecule has 1 aromatic carbocycles. The molecule has 1 aliphatic rings. The summed E-state index contributed by atoms with van der Waals surface area (Å²) in [4.78, 5) is 30.9. The smallest absolute Gasteiger partial charge is 0.266 e. The number of allylic oxidation sites excluding steroid dienone is 2. The van der Waals surface area contributed by atoms with Gasteiger partial charge in [-0.05, 0) is 37.0 Å². The molecule has 0 radical (unpaired) electrons. The van der Waals surface area contributed by atoms with E-state index in [4.69, 9.17) is 12.2 Å². The molecule has 2 heterocycles. The lowest BCUT2D eigenvalue weighted by Gasteiger charge is -2.14. The van der Waals surface area contributed by atoms with Crippen LogP contribution in [0.4, 0.5) is 5.13 Å². The van der Waals surface area contributed by atoms with Gasteiger partial charge in [0.2, 0.25) is 5.91 Å². The Morgan fingerprint density at radius 1 is 1.23 bits per heavy atom. The zero-order valence-corrected chi connectivity index (χ0v) is 19.1. The first-order valence-corrected chi connectivity index (χ1v) is 11.8. The van der Waals surface area contributed by atoms with Crippen molar-refractivity contribution in [1.82, 2.24) is 9.88 Å². The molecule has 0 saturated carbocycles. The van der Waals surface area contributed by atoms with Gasteiger partial charge in [-0.3, -0.25) is 14.5 Å². The Kier molecular flexibility index (Phi) is 8.36. The predicted molar refractivity (Wildman–Crippen MR) is 129 cm³/mol. The largest absolute Gasteiger partial charge is 0.302 e. The van der Waals surface area contributed by atoms with Gasteiger partial charge in [-0.25, -0.2) is 4.98 Å². The number of thioether (sulfide) groups is 1. The summed E-state index contributed by atoms with van der Waals surface area (Å²) in [7, 11) is 0. The average Bonchev–Trinajstić information content (AvgIpc) is 3.31. The van der Waals surface area contributed by atoms with Crippen molar-refractivity contribution in [2.75, 3.05) is 11.9 Å². The van der Waals surface area contributed by atoms with E-state index in [1.807, 2.05) is 54.8 Å². The van der Waals surface area contributed by atoms with Gasteiger partial charge < -0.3 is 5.32 Å². The van der Waals surface area contributed by atoms with Crippen LogP contribution in [0.15, 0.2) is 58.5 Å². The summed E-state index contributed by atoms with van der Waals surface area (Å²) in [6.07, 6.45) is 8.48. The van der Waals surface area contributed by atoms with Crippen molar-refractivity contribution in [2.24, 2.45) is 0 Å². The number of thiazole rings is 1. The van der Waals surface area contributed by atoms with Crippen LogP contribution >= 0.6 is 35.3 Å². The molecular weight excluding hydrogens is 434 g/mol. The molecule has 30 heavy (non-hydrogen) atoms. The number of carbonyl (C=O) groups is 2. The second kappa shape index (κ2) is 11.2. The maximum Gasteiger partial charge on any atom is 0.266 e. The molecule has 1 N–H and O–H groups in total. The fraction of sp³-hybridized carbons (Fsp3) is 0.273. The molecule has 0 aliphatic carbocycles. The van der Waals surface area contributed by atoms with Crippen LogP contribution in [0, 0.1) is 0 Å². The number of amides is 2. The minimum Gasteiger partial charge on any atom is -0.302 e. The number of carbonyl (C=O) groups excluding carboxylic acids is 2. The van der Waals surface area contributed by atoms with Gasteiger partial charge in [-0.15, -0.1) is 11.3 Å². The lowest BCUT2D eigenvalue weighted by molar-refractivity contribution is -0.122. The van der Waals surface area contributed by atoms with Crippen LogP contribution in [-0.2, 0) is 9.59 Å². The molecule has 0 bridgehead atoms. The third kappa shape index (κ3) is 6.62. The third-order valence-electron chi connectivity index (χ3n) is 4.39. The van der Waals surface area contributed by atoms with Crippen molar-refractivity contribution >= 4 is 62.7 Å². The van der Waals surface area contributed by atoms with Crippen LogP contribution in [-0.4, -0.2) is 32.6 Å². The number of anilines is 1. The highest BCUT2D eigenvalue weighted by molar-refractivity contribution is 8.26.